The molecule has 0 aliphatic heterocycles. The smallest absolute Gasteiger partial charge is 0.416 e. The zero-order valence-corrected chi connectivity index (χ0v) is 13.8. The van der Waals surface area contributed by atoms with Gasteiger partial charge in [-0.1, -0.05) is 18.2 Å². The second-order valence-electron chi connectivity index (χ2n) is 5.71. The molecule has 2 rings (SSSR count). The van der Waals surface area contributed by atoms with Crippen LogP contribution in [0.3, 0.4) is 0 Å². The first-order valence-corrected chi connectivity index (χ1v) is 7.67. The Kier molecular flexibility index (Phi) is 5.84. The monoisotopic (exact) mass is 380 g/mol. The van der Waals surface area contributed by atoms with E-state index in [2.05, 4.69) is 5.32 Å². The Morgan fingerprint density at radius 2 is 1.67 bits per heavy atom. The number of rotatable bonds is 6. The number of primary amides is 1. The van der Waals surface area contributed by atoms with Gasteiger partial charge in [-0.15, -0.1) is 0 Å². The maximum Gasteiger partial charge on any atom is 0.416 e. The van der Waals surface area contributed by atoms with E-state index in [0.717, 1.165) is 12.1 Å². The van der Waals surface area contributed by atoms with Gasteiger partial charge in [-0.2, -0.15) is 13.2 Å². The highest BCUT2D eigenvalue weighted by Gasteiger charge is 2.31. The van der Waals surface area contributed by atoms with Gasteiger partial charge in [0.1, 0.15) is 6.04 Å². The van der Waals surface area contributed by atoms with Crippen LogP contribution in [0, 0.1) is 0 Å². The summed E-state index contributed by atoms with van der Waals surface area (Å²) in [6, 6.07) is 8.15. The second kappa shape index (κ2) is 7.90. The van der Waals surface area contributed by atoms with Crippen LogP contribution in [0.25, 0.3) is 0 Å². The average Bonchev–Trinajstić information content (AvgIpc) is 2.60. The summed E-state index contributed by atoms with van der Waals surface area (Å²) in [6.45, 7) is 0. The van der Waals surface area contributed by atoms with Crippen molar-refractivity contribution >= 4 is 17.8 Å². The third-order valence-electron chi connectivity index (χ3n) is 3.74. The predicted molar refractivity (Wildman–Crippen MR) is 89.0 cm³/mol. The number of hydrogen-bond donors (Lipinski definition) is 3. The molecule has 0 spiro atoms. The van der Waals surface area contributed by atoms with Crippen molar-refractivity contribution in [2.75, 3.05) is 0 Å². The van der Waals surface area contributed by atoms with E-state index >= 15 is 0 Å². The molecule has 9 heteroatoms. The van der Waals surface area contributed by atoms with Crippen molar-refractivity contribution in [3.63, 3.8) is 0 Å². The van der Waals surface area contributed by atoms with Crippen LogP contribution in [0.2, 0.25) is 0 Å². The highest BCUT2D eigenvalue weighted by Crippen LogP contribution is 2.29. The van der Waals surface area contributed by atoms with Gasteiger partial charge in [0.15, 0.2) is 0 Å². The number of amides is 2. The van der Waals surface area contributed by atoms with E-state index in [1.165, 1.54) is 30.3 Å². The lowest BCUT2D eigenvalue weighted by Crippen LogP contribution is -2.45. The van der Waals surface area contributed by atoms with Crippen LogP contribution < -0.4 is 11.1 Å². The van der Waals surface area contributed by atoms with Crippen LogP contribution in [0.5, 0.6) is 0 Å². The molecule has 0 unspecified atom stereocenters. The van der Waals surface area contributed by atoms with Crippen LogP contribution in [-0.2, 0) is 17.4 Å². The fraction of sp³-hybridized carbons (Fsp3) is 0.167. The van der Waals surface area contributed by atoms with Crippen molar-refractivity contribution in [1.82, 2.24) is 5.32 Å². The van der Waals surface area contributed by atoms with Gasteiger partial charge in [0.05, 0.1) is 11.1 Å². The van der Waals surface area contributed by atoms with Gasteiger partial charge < -0.3 is 16.2 Å². The van der Waals surface area contributed by atoms with Gasteiger partial charge >= 0.3 is 12.1 Å². The van der Waals surface area contributed by atoms with Crippen molar-refractivity contribution in [1.29, 1.82) is 0 Å². The van der Waals surface area contributed by atoms with Crippen LogP contribution in [-0.4, -0.2) is 28.9 Å². The van der Waals surface area contributed by atoms with E-state index in [9.17, 15) is 27.6 Å². The molecular weight excluding hydrogens is 365 g/mol. The van der Waals surface area contributed by atoms with Crippen molar-refractivity contribution in [2.45, 2.75) is 18.6 Å². The summed E-state index contributed by atoms with van der Waals surface area (Å²) >= 11 is 0. The Hall–Kier alpha value is -3.36. The van der Waals surface area contributed by atoms with Crippen molar-refractivity contribution in [3.8, 4) is 0 Å². The quantitative estimate of drug-likeness (QED) is 0.714. The molecule has 6 nitrogen and oxygen atoms in total. The summed E-state index contributed by atoms with van der Waals surface area (Å²) in [5, 5.41) is 11.2. The number of carboxylic acid groups (broad SMARTS) is 1. The fourth-order valence-corrected chi connectivity index (χ4v) is 2.32. The second-order valence-corrected chi connectivity index (χ2v) is 5.71. The highest BCUT2D eigenvalue weighted by atomic mass is 19.4. The number of carbonyl (C=O) groups is 3. The van der Waals surface area contributed by atoms with Gasteiger partial charge in [-0.05, 0) is 35.9 Å². The Morgan fingerprint density at radius 1 is 1.04 bits per heavy atom. The largest absolute Gasteiger partial charge is 0.478 e. The molecule has 27 heavy (non-hydrogen) atoms. The van der Waals surface area contributed by atoms with Crippen LogP contribution in [0.1, 0.15) is 31.8 Å². The Morgan fingerprint density at radius 3 is 2.19 bits per heavy atom. The molecule has 0 radical (unpaired) electrons. The molecule has 0 aliphatic carbocycles. The van der Waals surface area contributed by atoms with E-state index in [-0.39, 0.29) is 17.5 Å². The van der Waals surface area contributed by atoms with E-state index in [4.69, 9.17) is 10.8 Å². The molecule has 2 aromatic carbocycles. The summed E-state index contributed by atoms with van der Waals surface area (Å²) in [6.07, 6.45) is -4.65. The molecule has 0 bridgehead atoms. The summed E-state index contributed by atoms with van der Waals surface area (Å²) in [5.41, 5.74) is 4.57. The third kappa shape index (κ3) is 5.30. The molecule has 0 fully saturated rings. The molecule has 2 aromatic rings. The first-order valence-electron chi connectivity index (χ1n) is 7.67. The number of carboxylic acids is 1. The number of alkyl halides is 3. The molecule has 0 saturated carbocycles. The molecular formula is C18H15F3N2O4. The Bertz CT molecular complexity index is 864. The topological polar surface area (TPSA) is 109 Å². The molecule has 0 aliphatic rings. The number of benzene rings is 2. The van der Waals surface area contributed by atoms with E-state index < -0.39 is 35.6 Å². The normalized spacial score (nSPS) is 12.3. The van der Waals surface area contributed by atoms with E-state index in [1.807, 2.05) is 0 Å². The van der Waals surface area contributed by atoms with Crippen molar-refractivity contribution in [3.05, 3.63) is 70.8 Å². The SMILES string of the molecule is NC(=O)[C@H](Cc1ccc(C(=O)O)cc1)NC(=O)c1cccc(C(F)(F)F)c1. The number of nitrogens with two attached hydrogens (primary N) is 1. The lowest BCUT2D eigenvalue weighted by molar-refractivity contribution is -0.137. The van der Waals surface area contributed by atoms with Crippen molar-refractivity contribution < 1.29 is 32.7 Å². The number of aromatic carboxylic acids is 1. The number of halogens is 3. The lowest BCUT2D eigenvalue weighted by atomic mass is 10.0. The Balaban J connectivity index is 2.15. The summed E-state index contributed by atoms with van der Waals surface area (Å²) in [4.78, 5) is 34.6. The zero-order chi connectivity index (χ0) is 20.2. The highest BCUT2D eigenvalue weighted by molar-refractivity contribution is 5.97. The minimum absolute atomic E-state index is 0.0417. The third-order valence-corrected chi connectivity index (χ3v) is 3.74. The molecule has 0 aromatic heterocycles. The molecule has 4 N–H and O–H groups in total. The maximum absolute atomic E-state index is 12.8. The van der Waals surface area contributed by atoms with Gasteiger partial charge in [-0.3, -0.25) is 9.59 Å². The minimum atomic E-state index is -4.61. The zero-order valence-electron chi connectivity index (χ0n) is 13.8. The Labute approximate surface area is 151 Å². The van der Waals surface area contributed by atoms with E-state index in [0.29, 0.717) is 11.6 Å². The fourth-order valence-electron chi connectivity index (χ4n) is 2.32. The average molecular weight is 380 g/mol. The first-order chi connectivity index (χ1) is 12.6. The van der Waals surface area contributed by atoms with Crippen LogP contribution >= 0.6 is 0 Å². The molecule has 1 atom stereocenters. The van der Waals surface area contributed by atoms with Crippen LogP contribution in [0.15, 0.2) is 48.5 Å². The number of carbonyl (C=O) groups excluding carboxylic acids is 2. The standard InChI is InChI=1S/C18H15F3N2O4/c19-18(20,21)13-3-1-2-12(9-13)16(25)23-14(15(22)24)8-10-4-6-11(7-5-10)17(26)27/h1-7,9,14H,8H2,(H2,22,24)(H,23,25)(H,26,27)/t14-/m0/s1. The summed E-state index contributed by atoms with van der Waals surface area (Å²) < 4.78 is 38.3. The maximum atomic E-state index is 12.8. The summed E-state index contributed by atoms with van der Waals surface area (Å²) in [7, 11) is 0. The first kappa shape index (κ1) is 20.0. The van der Waals surface area contributed by atoms with Gasteiger partial charge in [0.2, 0.25) is 5.91 Å². The molecule has 0 saturated heterocycles. The van der Waals surface area contributed by atoms with Gasteiger partial charge in [0, 0.05) is 12.0 Å². The lowest BCUT2D eigenvalue weighted by Gasteiger charge is -2.16. The van der Waals surface area contributed by atoms with E-state index in [1.54, 1.807) is 0 Å². The summed E-state index contributed by atoms with van der Waals surface area (Å²) in [5.74, 6) is -2.88. The molecule has 2 amide bonds. The van der Waals surface area contributed by atoms with Crippen molar-refractivity contribution in [2.24, 2.45) is 5.73 Å². The molecule has 0 heterocycles. The van der Waals surface area contributed by atoms with Gasteiger partial charge in [0.25, 0.3) is 5.91 Å². The van der Waals surface area contributed by atoms with Gasteiger partial charge in [-0.25, -0.2) is 4.79 Å². The minimum Gasteiger partial charge on any atom is -0.478 e. The van der Waals surface area contributed by atoms with Crippen LogP contribution in [0.4, 0.5) is 13.2 Å². The predicted octanol–water partition coefficient (Wildman–Crippen LogP) is 2.23. The molecule has 142 valence electrons. The number of nitrogens with one attached hydrogen (secondary N) is 1. The number of hydrogen-bond acceptors (Lipinski definition) is 3.